The third-order valence-electron chi connectivity index (χ3n) is 4.58. The number of thiophene rings is 1. The van der Waals surface area contributed by atoms with E-state index >= 15 is 0 Å². The minimum Gasteiger partial charge on any atom is -0.376 e. The Morgan fingerprint density at radius 2 is 2.07 bits per heavy atom. The van der Waals surface area contributed by atoms with E-state index in [-0.39, 0.29) is 0 Å². The highest BCUT2D eigenvalue weighted by molar-refractivity contribution is 7.07. The second-order valence-electron chi connectivity index (χ2n) is 6.67. The van der Waals surface area contributed by atoms with Crippen molar-refractivity contribution in [2.75, 3.05) is 10.6 Å². The van der Waals surface area contributed by atoms with Gasteiger partial charge >= 0.3 is 0 Å². The van der Waals surface area contributed by atoms with Gasteiger partial charge in [-0.15, -0.1) is 15.3 Å². The first-order valence-electron chi connectivity index (χ1n) is 9.02. The normalized spacial score (nSPS) is 13.8. The predicted octanol–water partition coefficient (Wildman–Crippen LogP) is 3.68. The Morgan fingerprint density at radius 1 is 1.11 bits per heavy atom. The molecule has 27 heavy (non-hydrogen) atoms. The highest BCUT2D eigenvalue weighted by atomic mass is 32.1. The Bertz CT molecular complexity index is 1040. The molecule has 0 atom stereocenters. The first-order chi connectivity index (χ1) is 13.4. The fraction of sp³-hybridized carbons (Fsp3) is 0.263. The summed E-state index contributed by atoms with van der Waals surface area (Å²) in [7, 11) is 0. The summed E-state index contributed by atoms with van der Waals surface area (Å²) in [5, 5.41) is 24.6. The van der Waals surface area contributed by atoms with Crippen LogP contribution in [0.4, 0.5) is 11.5 Å². The van der Waals surface area contributed by atoms with Crippen molar-refractivity contribution in [2.24, 2.45) is 0 Å². The Hall–Kier alpha value is -3.00. The van der Waals surface area contributed by atoms with Crippen molar-refractivity contribution < 1.29 is 0 Å². The molecule has 1 aliphatic rings. The van der Waals surface area contributed by atoms with E-state index in [9.17, 15) is 0 Å². The molecule has 0 radical (unpaired) electrons. The smallest absolute Gasteiger partial charge is 0.201 e. The second kappa shape index (κ2) is 6.96. The molecule has 1 saturated carbocycles. The monoisotopic (exact) mass is 377 g/mol. The molecular formula is C19H19N7S. The maximum Gasteiger partial charge on any atom is 0.201 e. The Morgan fingerprint density at radius 3 is 2.85 bits per heavy atom. The number of rotatable bonds is 7. The van der Waals surface area contributed by atoms with Crippen LogP contribution in [0.2, 0.25) is 0 Å². The molecule has 8 heteroatoms. The van der Waals surface area contributed by atoms with Gasteiger partial charge in [0.25, 0.3) is 0 Å². The van der Waals surface area contributed by atoms with Crippen LogP contribution in [0.3, 0.4) is 0 Å². The number of aromatic nitrogens is 5. The van der Waals surface area contributed by atoms with Crippen molar-refractivity contribution in [3.63, 3.8) is 0 Å². The van der Waals surface area contributed by atoms with Gasteiger partial charge in [-0.1, -0.05) is 6.07 Å². The van der Waals surface area contributed by atoms with Crippen LogP contribution in [0.5, 0.6) is 0 Å². The number of anilines is 2. The van der Waals surface area contributed by atoms with E-state index in [4.69, 9.17) is 5.10 Å². The highest BCUT2D eigenvalue weighted by Gasteiger charge is 2.30. The van der Waals surface area contributed by atoms with Crippen LogP contribution < -0.4 is 10.6 Å². The summed E-state index contributed by atoms with van der Waals surface area (Å²) in [5.41, 5.74) is 3.88. The van der Waals surface area contributed by atoms with Crippen LogP contribution in [-0.4, -0.2) is 24.8 Å². The molecule has 5 rings (SSSR count). The van der Waals surface area contributed by atoms with Gasteiger partial charge < -0.3 is 10.6 Å². The zero-order valence-electron chi connectivity index (χ0n) is 14.7. The van der Waals surface area contributed by atoms with Crippen molar-refractivity contribution >= 4 is 28.5 Å². The van der Waals surface area contributed by atoms with E-state index in [1.807, 2.05) is 28.8 Å². The molecule has 7 nitrogen and oxygen atoms in total. The summed E-state index contributed by atoms with van der Waals surface area (Å²) in [6.45, 7) is 1.36. The molecule has 1 fully saturated rings. The zero-order chi connectivity index (χ0) is 18.1. The van der Waals surface area contributed by atoms with Gasteiger partial charge in [-0.2, -0.15) is 15.9 Å². The molecule has 0 unspecified atom stereocenters. The molecule has 4 heterocycles. The predicted molar refractivity (Wildman–Crippen MR) is 106 cm³/mol. The average Bonchev–Trinajstić information content (AvgIpc) is 3.24. The summed E-state index contributed by atoms with van der Waals surface area (Å²) in [6, 6.07) is 10.0. The number of nitrogens with zero attached hydrogens (tertiary/aromatic N) is 5. The van der Waals surface area contributed by atoms with Gasteiger partial charge in [0.05, 0.1) is 17.9 Å². The third-order valence-corrected chi connectivity index (χ3v) is 5.31. The van der Waals surface area contributed by atoms with Gasteiger partial charge in [0, 0.05) is 24.7 Å². The fourth-order valence-electron chi connectivity index (χ4n) is 2.98. The Balaban J connectivity index is 1.45. The third kappa shape index (κ3) is 3.48. The topological polar surface area (TPSA) is 80.0 Å². The Kier molecular flexibility index (Phi) is 4.17. The number of fused-ring (bicyclic) bond motifs is 1. The van der Waals surface area contributed by atoms with Gasteiger partial charge in [0.2, 0.25) is 5.65 Å². The summed E-state index contributed by atoms with van der Waals surface area (Å²) >= 11 is 1.70. The summed E-state index contributed by atoms with van der Waals surface area (Å²) < 4.78 is 1.88. The van der Waals surface area contributed by atoms with Crippen LogP contribution in [0.15, 0.2) is 47.3 Å². The van der Waals surface area contributed by atoms with Gasteiger partial charge in [0.15, 0.2) is 5.82 Å². The first-order valence-corrected chi connectivity index (χ1v) is 9.96. The van der Waals surface area contributed by atoms with Gasteiger partial charge in [-0.3, -0.25) is 4.98 Å². The summed E-state index contributed by atoms with van der Waals surface area (Å²) in [6.07, 6.45) is 4.12. The van der Waals surface area contributed by atoms with Crippen molar-refractivity contribution in [3.05, 3.63) is 64.4 Å². The summed E-state index contributed by atoms with van der Waals surface area (Å²) in [5.74, 6) is 2.23. The molecule has 0 bridgehead atoms. The van der Waals surface area contributed by atoms with E-state index in [1.54, 1.807) is 17.5 Å². The SMILES string of the molecule is c1ccc(CNc2cc(NCc3ccsc3)nn3c(C4CC4)nnc23)nc1. The van der Waals surface area contributed by atoms with Gasteiger partial charge in [0.1, 0.15) is 5.82 Å². The van der Waals surface area contributed by atoms with E-state index in [0.717, 1.165) is 48.1 Å². The number of pyridine rings is 1. The Labute approximate surface area is 160 Å². The first kappa shape index (κ1) is 16.2. The molecule has 0 saturated heterocycles. The van der Waals surface area contributed by atoms with E-state index in [1.165, 1.54) is 5.56 Å². The lowest BCUT2D eigenvalue weighted by atomic mass is 10.3. The molecule has 0 spiro atoms. The number of hydrogen-bond acceptors (Lipinski definition) is 7. The quantitative estimate of drug-likeness (QED) is 0.511. The van der Waals surface area contributed by atoms with Crippen molar-refractivity contribution in [1.82, 2.24) is 24.8 Å². The van der Waals surface area contributed by atoms with E-state index in [2.05, 4.69) is 42.6 Å². The molecule has 136 valence electrons. The second-order valence-corrected chi connectivity index (χ2v) is 7.45. The van der Waals surface area contributed by atoms with Crippen molar-refractivity contribution in [1.29, 1.82) is 0 Å². The van der Waals surface area contributed by atoms with Crippen LogP contribution in [0, 0.1) is 0 Å². The maximum absolute atomic E-state index is 4.74. The number of nitrogens with one attached hydrogen (secondary N) is 2. The fourth-order valence-corrected chi connectivity index (χ4v) is 3.65. The van der Waals surface area contributed by atoms with Crippen molar-refractivity contribution in [2.45, 2.75) is 31.8 Å². The molecule has 4 aromatic rings. The van der Waals surface area contributed by atoms with Gasteiger partial charge in [-0.25, -0.2) is 0 Å². The maximum atomic E-state index is 4.74. The lowest BCUT2D eigenvalue weighted by molar-refractivity contribution is 0.814. The lowest BCUT2D eigenvalue weighted by Gasteiger charge is -2.11. The molecule has 2 N–H and O–H groups in total. The summed E-state index contributed by atoms with van der Waals surface area (Å²) in [4.78, 5) is 4.37. The van der Waals surface area contributed by atoms with Crippen LogP contribution in [0.25, 0.3) is 5.65 Å². The molecule has 1 aliphatic carbocycles. The lowest BCUT2D eigenvalue weighted by Crippen LogP contribution is -2.09. The van der Waals surface area contributed by atoms with Crippen LogP contribution in [0.1, 0.15) is 35.8 Å². The minimum atomic E-state index is 0.475. The molecular weight excluding hydrogens is 358 g/mol. The van der Waals surface area contributed by atoms with Crippen molar-refractivity contribution in [3.8, 4) is 0 Å². The molecule has 0 aliphatic heterocycles. The molecule has 4 aromatic heterocycles. The van der Waals surface area contributed by atoms with E-state index in [0.29, 0.717) is 12.5 Å². The highest BCUT2D eigenvalue weighted by Crippen LogP contribution is 2.39. The largest absolute Gasteiger partial charge is 0.376 e. The van der Waals surface area contributed by atoms with Crippen LogP contribution >= 0.6 is 11.3 Å². The minimum absolute atomic E-state index is 0.475. The standard InChI is InChI=1S/C19H19N7S/c1-2-7-20-15(3-1)11-21-16-9-17(22-10-13-6-8-27-12-13)25-26-18(14-4-5-14)23-24-19(16)26/h1-3,6-9,12,14,21H,4-5,10-11H2,(H,22,25). The van der Waals surface area contributed by atoms with Crippen LogP contribution in [-0.2, 0) is 13.1 Å². The molecule has 0 amide bonds. The average molecular weight is 377 g/mol. The zero-order valence-corrected chi connectivity index (χ0v) is 15.5. The molecule has 0 aromatic carbocycles. The van der Waals surface area contributed by atoms with Gasteiger partial charge in [-0.05, 0) is 47.4 Å². The number of hydrogen-bond donors (Lipinski definition) is 2. The van der Waals surface area contributed by atoms with E-state index < -0.39 is 0 Å².